The molecule has 1 N–H and O–H groups in total. The number of ether oxygens (including phenoxy) is 1. The molecule has 2 atom stereocenters. The Bertz CT molecular complexity index is 1310. The summed E-state index contributed by atoms with van der Waals surface area (Å²) in [6.07, 6.45) is 3.84. The summed E-state index contributed by atoms with van der Waals surface area (Å²) >= 11 is 5.30. The molecule has 12 heteroatoms. The summed E-state index contributed by atoms with van der Waals surface area (Å²) in [7, 11) is -3.84. The standard InChI is InChI=1S/C26H28F3N3O4S2/c1-25(33,26(27,28)29)20-8-10-21(11-9-20)32-14-13-31(38(34,35)24-7-3-2-6-23(24)37)16-22(32)18-36-17-19-5-4-12-30-15-19/h2-5,7-12,15,22,33H,6,13-14,16-18H2,1H3/t22-,25-/m1/s1. The molecule has 204 valence electrons. The van der Waals surface area contributed by atoms with Crippen LogP contribution in [0, 0.1) is 0 Å². The number of halogens is 3. The second-order valence-electron chi connectivity index (χ2n) is 9.29. The normalized spacial score (nSPS) is 20.8. The van der Waals surface area contributed by atoms with Gasteiger partial charge in [0, 0.05) is 49.0 Å². The van der Waals surface area contributed by atoms with Gasteiger partial charge in [0.05, 0.1) is 24.2 Å². The Labute approximate surface area is 225 Å². The summed E-state index contributed by atoms with van der Waals surface area (Å²) in [5.41, 5.74) is -1.84. The molecule has 0 saturated carbocycles. The van der Waals surface area contributed by atoms with E-state index in [9.17, 15) is 26.7 Å². The van der Waals surface area contributed by atoms with Gasteiger partial charge in [-0.3, -0.25) is 4.98 Å². The Morgan fingerprint density at radius 1 is 1.18 bits per heavy atom. The van der Waals surface area contributed by atoms with Crippen LogP contribution in [0.1, 0.15) is 24.5 Å². The maximum atomic E-state index is 13.4. The molecule has 1 fully saturated rings. The number of pyridine rings is 1. The largest absolute Gasteiger partial charge is 0.421 e. The zero-order valence-corrected chi connectivity index (χ0v) is 22.3. The number of benzene rings is 1. The van der Waals surface area contributed by atoms with Gasteiger partial charge in [-0.2, -0.15) is 17.5 Å². The number of hydrogen-bond acceptors (Lipinski definition) is 7. The van der Waals surface area contributed by atoms with Crippen molar-refractivity contribution in [1.82, 2.24) is 9.29 Å². The molecule has 0 bridgehead atoms. The lowest BCUT2D eigenvalue weighted by molar-refractivity contribution is -0.258. The minimum atomic E-state index is -4.83. The van der Waals surface area contributed by atoms with Crippen molar-refractivity contribution in [2.45, 2.75) is 37.8 Å². The third-order valence-corrected chi connectivity index (χ3v) is 9.11. The summed E-state index contributed by atoms with van der Waals surface area (Å²) in [6.45, 7) is 1.67. The number of aliphatic hydroxyl groups is 1. The van der Waals surface area contributed by atoms with Crippen molar-refractivity contribution in [2.24, 2.45) is 0 Å². The third-order valence-electron chi connectivity index (χ3n) is 6.64. The SMILES string of the molecule is C[C@@](O)(c1ccc(N2CCN(S(=O)(=O)C3=CC=CCC3=S)C[C@@H]2COCc2cccnc2)cc1)C(F)(F)F. The average molecular weight is 568 g/mol. The molecule has 2 aliphatic rings. The van der Waals surface area contributed by atoms with E-state index in [1.165, 1.54) is 34.6 Å². The van der Waals surface area contributed by atoms with Gasteiger partial charge in [0.15, 0.2) is 5.60 Å². The number of sulfonamides is 1. The first kappa shape index (κ1) is 28.4. The average Bonchev–Trinajstić information content (AvgIpc) is 2.89. The Kier molecular flexibility index (Phi) is 8.38. The molecule has 2 heterocycles. The molecule has 7 nitrogen and oxygen atoms in total. The van der Waals surface area contributed by atoms with Crippen LogP contribution in [-0.2, 0) is 27.0 Å². The first-order valence-electron chi connectivity index (χ1n) is 11.9. The van der Waals surface area contributed by atoms with Crippen LogP contribution in [0.4, 0.5) is 18.9 Å². The maximum Gasteiger partial charge on any atom is 0.421 e. The number of aromatic nitrogens is 1. The lowest BCUT2D eigenvalue weighted by atomic mass is 9.95. The van der Waals surface area contributed by atoms with Crippen molar-refractivity contribution in [1.29, 1.82) is 0 Å². The van der Waals surface area contributed by atoms with Crippen LogP contribution in [0.5, 0.6) is 0 Å². The predicted octanol–water partition coefficient (Wildman–Crippen LogP) is 4.10. The van der Waals surface area contributed by atoms with Crippen LogP contribution in [-0.4, -0.2) is 66.1 Å². The fourth-order valence-electron chi connectivity index (χ4n) is 4.36. The van der Waals surface area contributed by atoms with E-state index >= 15 is 0 Å². The monoisotopic (exact) mass is 567 g/mol. The van der Waals surface area contributed by atoms with Gasteiger partial charge in [-0.15, -0.1) is 0 Å². The van der Waals surface area contributed by atoms with Crippen LogP contribution < -0.4 is 4.90 Å². The van der Waals surface area contributed by atoms with E-state index < -0.39 is 27.8 Å². The van der Waals surface area contributed by atoms with Gasteiger partial charge >= 0.3 is 6.18 Å². The summed E-state index contributed by atoms with van der Waals surface area (Å²) in [4.78, 5) is 6.43. The zero-order valence-electron chi connectivity index (χ0n) is 20.6. The van der Waals surface area contributed by atoms with E-state index in [0.717, 1.165) is 5.56 Å². The van der Waals surface area contributed by atoms with E-state index in [1.54, 1.807) is 30.6 Å². The van der Waals surface area contributed by atoms with Crippen molar-refractivity contribution >= 4 is 32.8 Å². The highest BCUT2D eigenvalue weighted by atomic mass is 32.2. The van der Waals surface area contributed by atoms with Gasteiger partial charge in [-0.05, 0) is 42.3 Å². The maximum absolute atomic E-state index is 13.4. The Balaban J connectivity index is 1.56. The first-order valence-corrected chi connectivity index (χ1v) is 13.8. The highest BCUT2D eigenvalue weighted by molar-refractivity contribution is 7.96. The molecule has 0 spiro atoms. The first-order chi connectivity index (χ1) is 17.9. The molecule has 1 aromatic carbocycles. The molecule has 0 radical (unpaired) electrons. The molecule has 0 unspecified atom stereocenters. The molecule has 4 rings (SSSR count). The topological polar surface area (TPSA) is 83.0 Å². The van der Waals surface area contributed by atoms with Crippen LogP contribution in [0.2, 0.25) is 0 Å². The third kappa shape index (κ3) is 5.99. The number of alkyl halides is 3. The number of hydrogen-bond donors (Lipinski definition) is 1. The van der Waals surface area contributed by atoms with Gasteiger partial charge in [0.1, 0.15) is 0 Å². The second-order valence-corrected chi connectivity index (χ2v) is 11.7. The molecular formula is C26H28F3N3O4S2. The molecule has 1 aliphatic carbocycles. The Morgan fingerprint density at radius 2 is 1.92 bits per heavy atom. The van der Waals surface area contributed by atoms with Crippen molar-refractivity contribution in [2.75, 3.05) is 31.1 Å². The minimum Gasteiger partial charge on any atom is -0.376 e. The van der Waals surface area contributed by atoms with Crippen LogP contribution in [0.3, 0.4) is 0 Å². The number of allylic oxidation sites excluding steroid dienone is 4. The number of nitrogens with zero attached hydrogens (tertiary/aromatic N) is 3. The Morgan fingerprint density at radius 3 is 2.55 bits per heavy atom. The highest BCUT2D eigenvalue weighted by Crippen LogP contribution is 2.39. The lowest BCUT2D eigenvalue weighted by Crippen LogP contribution is -2.57. The van der Waals surface area contributed by atoms with Gasteiger partial charge in [0.25, 0.3) is 0 Å². The quantitative estimate of drug-likeness (QED) is 0.481. The van der Waals surface area contributed by atoms with E-state index in [1.807, 2.05) is 11.0 Å². The molecule has 1 saturated heterocycles. The zero-order chi connectivity index (χ0) is 27.6. The highest BCUT2D eigenvalue weighted by Gasteiger charge is 2.51. The number of anilines is 1. The summed E-state index contributed by atoms with van der Waals surface area (Å²) in [5, 5.41) is 10.0. The van der Waals surface area contributed by atoms with Gasteiger partial charge in [0.2, 0.25) is 10.0 Å². The smallest absolute Gasteiger partial charge is 0.376 e. The fraction of sp³-hybridized carbons (Fsp3) is 0.385. The van der Waals surface area contributed by atoms with E-state index in [4.69, 9.17) is 17.0 Å². The van der Waals surface area contributed by atoms with Crippen LogP contribution in [0.25, 0.3) is 0 Å². The molecule has 2 aromatic rings. The van der Waals surface area contributed by atoms with E-state index in [2.05, 4.69) is 4.98 Å². The van der Waals surface area contributed by atoms with Crippen LogP contribution in [0.15, 0.2) is 71.9 Å². The molecule has 0 amide bonds. The lowest BCUT2D eigenvalue weighted by Gasteiger charge is -2.42. The van der Waals surface area contributed by atoms with E-state index in [-0.39, 0.29) is 43.3 Å². The van der Waals surface area contributed by atoms with Crippen molar-refractivity contribution in [3.8, 4) is 0 Å². The van der Waals surface area contributed by atoms with Gasteiger partial charge < -0.3 is 14.7 Å². The predicted molar refractivity (Wildman–Crippen MR) is 142 cm³/mol. The summed E-state index contributed by atoms with van der Waals surface area (Å²) in [5.74, 6) is 0. The molecule has 1 aromatic heterocycles. The number of rotatable bonds is 8. The number of piperazine rings is 1. The number of thiocarbonyl (C=S) groups is 1. The van der Waals surface area contributed by atoms with Crippen LogP contribution >= 0.6 is 12.2 Å². The fourth-order valence-corrected chi connectivity index (χ4v) is 6.43. The second kappa shape index (κ2) is 11.2. The van der Waals surface area contributed by atoms with E-state index in [0.29, 0.717) is 23.9 Å². The molecular weight excluding hydrogens is 539 g/mol. The molecule has 1 aliphatic heterocycles. The van der Waals surface area contributed by atoms with Crippen molar-refractivity contribution < 1.29 is 31.4 Å². The Hall–Kier alpha value is -2.64. The molecule has 38 heavy (non-hydrogen) atoms. The van der Waals surface area contributed by atoms with Gasteiger partial charge in [-0.25, -0.2) is 8.42 Å². The minimum absolute atomic E-state index is 0.0983. The summed E-state index contributed by atoms with van der Waals surface area (Å²) < 4.78 is 74.0. The van der Waals surface area contributed by atoms with Crippen molar-refractivity contribution in [3.63, 3.8) is 0 Å². The van der Waals surface area contributed by atoms with Gasteiger partial charge in [-0.1, -0.05) is 42.6 Å². The van der Waals surface area contributed by atoms with Crippen molar-refractivity contribution in [3.05, 3.63) is 83.1 Å². The summed E-state index contributed by atoms with van der Waals surface area (Å²) in [6, 6.07) is 8.67.